The minimum absolute atomic E-state index is 0.610. The second-order valence-corrected chi connectivity index (χ2v) is 4.57. The summed E-state index contributed by atoms with van der Waals surface area (Å²) >= 11 is 0. The van der Waals surface area contributed by atoms with Gasteiger partial charge in [-0.1, -0.05) is 38.3 Å². The van der Waals surface area contributed by atoms with Crippen LogP contribution in [0, 0.1) is 11.3 Å². The van der Waals surface area contributed by atoms with E-state index in [0.717, 1.165) is 24.2 Å². The molecule has 0 saturated heterocycles. The Hall–Kier alpha value is -2.15. The van der Waals surface area contributed by atoms with Gasteiger partial charge in [0.15, 0.2) is 5.82 Å². The van der Waals surface area contributed by atoms with Crippen molar-refractivity contribution in [1.29, 1.82) is 5.26 Å². The van der Waals surface area contributed by atoms with Crippen molar-refractivity contribution >= 4 is 0 Å². The number of aryl methyl sites for hydroxylation is 1. The fourth-order valence-corrected chi connectivity index (χ4v) is 2.02. The van der Waals surface area contributed by atoms with Gasteiger partial charge >= 0.3 is 0 Å². The normalized spacial score (nSPS) is 10.3. The predicted octanol–water partition coefficient (Wildman–Crippen LogP) is 3.47. The van der Waals surface area contributed by atoms with E-state index in [-0.39, 0.29) is 0 Å². The molecular formula is C15H18N4. The number of H-pyrrole nitrogens is 1. The summed E-state index contributed by atoms with van der Waals surface area (Å²) in [5.74, 6) is 1.52. The average Bonchev–Trinajstić information content (AvgIpc) is 2.92. The summed E-state index contributed by atoms with van der Waals surface area (Å²) in [5, 5.41) is 16.2. The molecule has 0 atom stereocenters. The Morgan fingerprint density at radius 2 is 2.05 bits per heavy atom. The van der Waals surface area contributed by atoms with E-state index < -0.39 is 0 Å². The summed E-state index contributed by atoms with van der Waals surface area (Å²) in [6, 6.07) is 9.58. The van der Waals surface area contributed by atoms with Crippen molar-refractivity contribution < 1.29 is 0 Å². The van der Waals surface area contributed by atoms with E-state index in [1.54, 1.807) is 6.07 Å². The van der Waals surface area contributed by atoms with Crippen molar-refractivity contribution in [1.82, 2.24) is 15.2 Å². The lowest BCUT2D eigenvalue weighted by Crippen LogP contribution is -1.89. The lowest BCUT2D eigenvalue weighted by molar-refractivity contribution is 0.653. The maximum Gasteiger partial charge on any atom is 0.182 e. The SMILES string of the molecule is CCCCCCc1nc(-c2ccccc2C#N)n[nH]1. The molecule has 0 radical (unpaired) electrons. The summed E-state index contributed by atoms with van der Waals surface area (Å²) in [4.78, 5) is 4.47. The highest BCUT2D eigenvalue weighted by Crippen LogP contribution is 2.19. The summed E-state index contributed by atoms with van der Waals surface area (Å²) in [7, 11) is 0. The summed E-state index contributed by atoms with van der Waals surface area (Å²) in [6.07, 6.45) is 5.76. The lowest BCUT2D eigenvalue weighted by Gasteiger charge is -1.97. The number of hydrogen-bond donors (Lipinski definition) is 1. The van der Waals surface area contributed by atoms with Crippen LogP contribution >= 0.6 is 0 Å². The van der Waals surface area contributed by atoms with Crippen LogP contribution in [-0.4, -0.2) is 15.2 Å². The predicted molar refractivity (Wildman–Crippen MR) is 74.4 cm³/mol. The summed E-state index contributed by atoms with van der Waals surface area (Å²) in [6.45, 7) is 2.20. The number of aromatic amines is 1. The molecule has 2 rings (SSSR count). The van der Waals surface area contributed by atoms with Crippen molar-refractivity contribution in [2.24, 2.45) is 0 Å². The first-order valence-electron chi connectivity index (χ1n) is 6.76. The molecule has 1 N–H and O–H groups in total. The molecule has 2 aromatic rings. The van der Waals surface area contributed by atoms with E-state index in [0.29, 0.717) is 11.4 Å². The first-order valence-corrected chi connectivity index (χ1v) is 6.76. The number of rotatable bonds is 6. The molecular weight excluding hydrogens is 236 g/mol. The van der Waals surface area contributed by atoms with Crippen LogP contribution in [0.3, 0.4) is 0 Å². The minimum Gasteiger partial charge on any atom is -0.263 e. The van der Waals surface area contributed by atoms with E-state index >= 15 is 0 Å². The van der Waals surface area contributed by atoms with Crippen molar-refractivity contribution in [2.45, 2.75) is 39.0 Å². The van der Waals surface area contributed by atoms with Gasteiger partial charge in [0.05, 0.1) is 11.6 Å². The highest BCUT2D eigenvalue weighted by atomic mass is 15.2. The number of hydrogen-bond acceptors (Lipinski definition) is 3. The van der Waals surface area contributed by atoms with Gasteiger partial charge in [0.1, 0.15) is 5.82 Å². The Kier molecular flexibility index (Phi) is 4.68. The molecule has 98 valence electrons. The molecule has 0 spiro atoms. The van der Waals surface area contributed by atoms with Crippen LogP contribution in [0.5, 0.6) is 0 Å². The number of nitrogens with zero attached hydrogens (tertiary/aromatic N) is 3. The van der Waals surface area contributed by atoms with E-state index in [1.807, 2.05) is 18.2 Å². The largest absolute Gasteiger partial charge is 0.263 e. The zero-order valence-corrected chi connectivity index (χ0v) is 11.2. The van der Waals surface area contributed by atoms with Gasteiger partial charge in [0.25, 0.3) is 0 Å². The molecule has 4 nitrogen and oxygen atoms in total. The molecule has 19 heavy (non-hydrogen) atoms. The average molecular weight is 254 g/mol. The Morgan fingerprint density at radius 3 is 2.84 bits per heavy atom. The molecule has 0 bridgehead atoms. The summed E-state index contributed by atoms with van der Waals surface area (Å²) < 4.78 is 0. The molecule has 0 amide bonds. The van der Waals surface area contributed by atoms with Gasteiger partial charge in [0, 0.05) is 12.0 Å². The van der Waals surface area contributed by atoms with Crippen molar-refractivity contribution in [3.8, 4) is 17.5 Å². The first-order chi connectivity index (χ1) is 9.35. The maximum absolute atomic E-state index is 9.07. The van der Waals surface area contributed by atoms with Gasteiger partial charge in [-0.05, 0) is 18.6 Å². The van der Waals surface area contributed by atoms with E-state index in [4.69, 9.17) is 5.26 Å². The zero-order chi connectivity index (χ0) is 13.5. The van der Waals surface area contributed by atoms with Crippen molar-refractivity contribution in [3.63, 3.8) is 0 Å². The standard InChI is InChI=1S/C15H18N4/c1-2-3-4-5-10-14-17-15(19-18-14)13-9-7-6-8-12(13)11-16/h6-9H,2-5,10H2,1H3,(H,17,18,19). The van der Waals surface area contributed by atoms with Crippen LogP contribution in [0.15, 0.2) is 24.3 Å². The second kappa shape index (κ2) is 6.69. The molecule has 1 aromatic carbocycles. The molecule has 1 aromatic heterocycles. The van der Waals surface area contributed by atoms with Gasteiger partial charge in [-0.2, -0.15) is 10.4 Å². The molecule has 0 fully saturated rings. The maximum atomic E-state index is 9.07. The molecule has 0 aliphatic rings. The first kappa shape index (κ1) is 13.3. The minimum atomic E-state index is 0.610. The Balaban J connectivity index is 2.06. The number of unbranched alkanes of at least 4 members (excludes halogenated alkanes) is 3. The fourth-order valence-electron chi connectivity index (χ4n) is 2.02. The number of aromatic nitrogens is 3. The fraction of sp³-hybridized carbons (Fsp3) is 0.400. The highest BCUT2D eigenvalue weighted by Gasteiger charge is 2.09. The van der Waals surface area contributed by atoms with Crippen LogP contribution in [0.2, 0.25) is 0 Å². The van der Waals surface area contributed by atoms with Crippen molar-refractivity contribution in [2.75, 3.05) is 0 Å². The topological polar surface area (TPSA) is 65.4 Å². The van der Waals surface area contributed by atoms with Gasteiger partial charge < -0.3 is 0 Å². The Labute approximate surface area is 113 Å². The number of benzene rings is 1. The quantitative estimate of drug-likeness (QED) is 0.803. The van der Waals surface area contributed by atoms with Gasteiger partial charge in [-0.15, -0.1) is 0 Å². The van der Waals surface area contributed by atoms with Gasteiger partial charge in [-0.3, -0.25) is 5.10 Å². The molecule has 0 aliphatic carbocycles. The number of nitrogens with one attached hydrogen (secondary N) is 1. The van der Waals surface area contributed by atoms with Crippen LogP contribution in [-0.2, 0) is 6.42 Å². The van der Waals surface area contributed by atoms with Gasteiger partial charge in [-0.25, -0.2) is 4.98 Å². The van der Waals surface area contributed by atoms with Crippen LogP contribution in [0.1, 0.15) is 44.0 Å². The highest BCUT2D eigenvalue weighted by molar-refractivity contribution is 5.63. The molecule has 1 heterocycles. The van der Waals surface area contributed by atoms with Crippen molar-refractivity contribution in [3.05, 3.63) is 35.7 Å². The molecule has 0 saturated carbocycles. The smallest absolute Gasteiger partial charge is 0.182 e. The lowest BCUT2D eigenvalue weighted by atomic mass is 10.1. The second-order valence-electron chi connectivity index (χ2n) is 4.57. The third kappa shape index (κ3) is 3.41. The Bertz CT molecular complexity index is 566. The third-order valence-electron chi connectivity index (χ3n) is 3.09. The van der Waals surface area contributed by atoms with E-state index in [1.165, 1.54) is 19.3 Å². The zero-order valence-electron chi connectivity index (χ0n) is 11.2. The molecule has 0 aliphatic heterocycles. The van der Waals surface area contributed by atoms with Gasteiger partial charge in [0.2, 0.25) is 0 Å². The molecule has 4 heteroatoms. The van der Waals surface area contributed by atoms with Crippen LogP contribution < -0.4 is 0 Å². The third-order valence-corrected chi connectivity index (χ3v) is 3.09. The van der Waals surface area contributed by atoms with E-state index in [9.17, 15) is 0 Å². The van der Waals surface area contributed by atoms with Crippen LogP contribution in [0.25, 0.3) is 11.4 Å². The van der Waals surface area contributed by atoms with Crippen LogP contribution in [0.4, 0.5) is 0 Å². The van der Waals surface area contributed by atoms with E-state index in [2.05, 4.69) is 28.2 Å². The number of nitriles is 1. The monoisotopic (exact) mass is 254 g/mol. The Morgan fingerprint density at radius 1 is 1.21 bits per heavy atom. The molecule has 0 unspecified atom stereocenters. The summed E-state index contributed by atoms with van der Waals surface area (Å²) in [5.41, 5.74) is 1.40.